The van der Waals surface area contributed by atoms with Gasteiger partial charge in [-0.3, -0.25) is 0 Å². The summed E-state index contributed by atoms with van der Waals surface area (Å²) in [4.78, 5) is 0. The molecular formula is C33H40F6O3. The van der Waals surface area contributed by atoms with E-state index in [1.54, 1.807) is 0 Å². The molecule has 232 valence electrons. The summed E-state index contributed by atoms with van der Waals surface area (Å²) in [5.41, 5.74) is 1.41. The van der Waals surface area contributed by atoms with E-state index in [2.05, 4.69) is 11.7 Å². The van der Waals surface area contributed by atoms with Crippen LogP contribution in [0.1, 0.15) is 101 Å². The van der Waals surface area contributed by atoms with Gasteiger partial charge in [0.15, 0.2) is 23.7 Å². The number of rotatable bonds is 9. The molecule has 2 aromatic rings. The molecule has 5 rings (SSSR count). The molecular weight excluding hydrogens is 558 g/mol. The van der Waals surface area contributed by atoms with Crippen LogP contribution in [0.2, 0.25) is 0 Å². The third-order valence-electron chi connectivity index (χ3n) is 9.57. The fraction of sp³-hybridized carbons (Fsp3) is 0.636. The van der Waals surface area contributed by atoms with Crippen molar-refractivity contribution in [2.45, 2.75) is 95.9 Å². The second kappa shape index (κ2) is 13.6. The lowest BCUT2D eigenvalue weighted by molar-refractivity contribution is -0.224. The largest absolute Gasteiger partial charge is 0.432 e. The zero-order valence-corrected chi connectivity index (χ0v) is 24.0. The Bertz CT molecular complexity index is 1160. The van der Waals surface area contributed by atoms with Crippen molar-refractivity contribution < 1.29 is 40.6 Å². The maximum atomic E-state index is 15.2. The number of hydrogen-bond acceptors (Lipinski definition) is 3. The number of hydrogen-bond donors (Lipinski definition) is 0. The minimum absolute atomic E-state index is 0.118. The van der Waals surface area contributed by atoms with Crippen LogP contribution >= 0.6 is 0 Å². The van der Waals surface area contributed by atoms with E-state index in [9.17, 15) is 22.0 Å². The predicted molar refractivity (Wildman–Crippen MR) is 146 cm³/mol. The van der Waals surface area contributed by atoms with Crippen LogP contribution in [0.15, 0.2) is 30.3 Å². The predicted octanol–water partition coefficient (Wildman–Crippen LogP) is 9.85. The summed E-state index contributed by atoms with van der Waals surface area (Å²) in [5.74, 6) is -5.72. The van der Waals surface area contributed by atoms with Crippen LogP contribution < -0.4 is 4.74 Å². The summed E-state index contributed by atoms with van der Waals surface area (Å²) in [6.45, 7) is 3.41. The summed E-state index contributed by atoms with van der Waals surface area (Å²) >= 11 is 0. The molecule has 0 unspecified atom stereocenters. The first-order chi connectivity index (χ1) is 20.1. The van der Waals surface area contributed by atoms with Gasteiger partial charge in [-0.1, -0.05) is 31.9 Å². The highest BCUT2D eigenvalue weighted by atomic mass is 19.3. The fourth-order valence-corrected chi connectivity index (χ4v) is 7.08. The van der Waals surface area contributed by atoms with Crippen molar-refractivity contribution in [1.29, 1.82) is 0 Å². The van der Waals surface area contributed by atoms with Crippen molar-refractivity contribution >= 4 is 0 Å². The van der Waals surface area contributed by atoms with Gasteiger partial charge in [0.05, 0.1) is 19.1 Å². The van der Waals surface area contributed by atoms with E-state index in [0.717, 1.165) is 44.9 Å². The lowest BCUT2D eigenvalue weighted by Gasteiger charge is -2.39. The van der Waals surface area contributed by atoms with Gasteiger partial charge in [-0.2, -0.15) is 8.78 Å². The first-order valence-corrected chi connectivity index (χ1v) is 15.4. The summed E-state index contributed by atoms with van der Waals surface area (Å²) < 4.78 is 101. The molecule has 3 fully saturated rings. The molecule has 0 aromatic heterocycles. The Morgan fingerprint density at radius 2 is 1.38 bits per heavy atom. The fourth-order valence-electron chi connectivity index (χ4n) is 7.08. The normalized spacial score (nSPS) is 28.9. The molecule has 0 bridgehead atoms. The van der Waals surface area contributed by atoms with Crippen molar-refractivity contribution in [2.75, 3.05) is 13.2 Å². The van der Waals surface area contributed by atoms with Crippen LogP contribution in [-0.2, 0) is 9.47 Å². The lowest BCUT2D eigenvalue weighted by atomic mass is 9.68. The summed E-state index contributed by atoms with van der Waals surface area (Å²) in [6, 6.07) is 6.18. The molecule has 0 atom stereocenters. The van der Waals surface area contributed by atoms with E-state index >= 15 is 4.39 Å². The van der Waals surface area contributed by atoms with Gasteiger partial charge in [-0.05, 0) is 87.2 Å². The number of unbranched alkanes of at least 4 members (excludes halogenated alkanes) is 1. The average Bonchev–Trinajstić information content (AvgIpc) is 2.99. The van der Waals surface area contributed by atoms with Crippen LogP contribution in [0.4, 0.5) is 26.3 Å². The van der Waals surface area contributed by atoms with Crippen LogP contribution in [0.5, 0.6) is 5.75 Å². The molecule has 0 amide bonds. The zero-order chi connectivity index (χ0) is 29.9. The molecule has 2 aliphatic carbocycles. The zero-order valence-electron chi connectivity index (χ0n) is 24.0. The topological polar surface area (TPSA) is 27.7 Å². The molecule has 3 aliphatic rings. The molecule has 0 radical (unpaired) electrons. The number of ether oxygens (including phenoxy) is 3. The lowest BCUT2D eigenvalue weighted by Crippen LogP contribution is -2.38. The van der Waals surface area contributed by atoms with Crippen molar-refractivity contribution in [1.82, 2.24) is 0 Å². The van der Waals surface area contributed by atoms with Gasteiger partial charge >= 0.3 is 6.11 Å². The molecule has 3 nitrogen and oxygen atoms in total. The van der Waals surface area contributed by atoms with Crippen molar-refractivity contribution in [2.24, 2.45) is 23.7 Å². The Morgan fingerprint density at radius 1 is 0.786 bits per heavy atom. The molecule has 2 aromatic carbocycles. The van der Waals surface area contributed by atoms with E-state index in [-0.39, 0.29) is 24.6 Å². The van der Waals surface area contributed by atoms with E-state index in [0.29, 0.717) is 67.1 Å². The van der Waals surface area contributed by atoms with Gasteiger partial charge in [-0.15, -0.1) is 0 Å². The molecule has 42 heavy (non-hydrogen) atoms. The minimum atomic E-state index is -3.62. The van der Waals surface area contributed by atoms with E-state index in [1.165, 1.54) is 6.07 Å². The van der Waals surface area contributed by atoms with Crippen LogP contribution in [-0.4, -0.2) is 19.3 Å². The number of benzene rings is 2. The molecule has 0 spiro atoms. The first-order valence-electron chi connectivity index (χ1n) is 15.4. The maximum absolute atomic E-state index is 15.2. The van der Waals surface area contributed by atoms with Gasteiger partial charge in [0.1, 0.15) is 11.6 Å². The highest BCUT2D eigenvalue weighted by molar-refractivity contribution is 5.29. The second-order valence-corrected chi connectivity index (χ2v) is 12.4. The Labute approximate surface area is 243 Å². The van der Waals surface area contributed by atoms with E-state index in [4.69, 9.17) is 9.47 Å². The van der Waals surface area contributed by atoms with Gasteiger partial charge < -0.3 is 14.2 Å². The van der Waals surface area contributed by atoms with Gasteiger partial charge in [0.25, 0.3) is 0 Å². The molecule has 1 aliphatic heterocycles. The number of halogens is 6. The average molecular weight is 599 g/mol. The monoisotopic (exact) mass is 598 g/mol. The third-order valence-corrected chi connectivity index (χ3v) is 9.57. The molecule has 1 heterocycles. The van der Waals surface area contributed by atoms with Gasteiger partial charge in [0, 0.05) is 23.6 Å². The van der Waals surface area contributed by atoms with E-state index < -0.39 is 41.5 Å². The van der Waals surface area contributed by atoms with Crippen molar-refractivity contribution in [3.05, 3.63) is 64.7 Å². The van der Waals surface area contributed by atoms with Crippen molar-refractivity contribution in [3.8, 4) is 5.75 Å². The molecule has 1 saturated heterocycles. The minimum Gasteiger partial charge on any atom is -0.432 e. The third kappa shape index (κ3) is 7.26. The van der Waals surface area contributed by atoms with Gasteiger partial charge in [0.2, 0.25) is 0 Å². The van der Waals surface area contributed by atoms with Crippen molar-refractivity contribution in [3.63, 3.8) is 0 Å². The Morgan fingerprint density at radius 3 is 1.95 bits per heavy atom. The number of alkyl halides is 2. The first kappa shape index (κ1) is 31.2. The molecule has 9 heteroatoms. The second-order valence-electron chi connectivity index (χ2n) is 12.4. The van der Waals surface area contributed by atoms with Crippen LogP contribution in [0.3, 0.4) is 0 Å². The van der Waals surface area contributed by atoms with E-state index in [1.807, 2.05) is 12.1 Å². The van der Waals surface area contributed by atoms with Gasteiger partial charge in [-0.25, -0.2) is 17.6 Å². The Balaban J connectivity index is 1.09. The van der Waals surface area contributed by atoms with Crippen LogP contribution in [0.25, 0.3) is 0 Å². The van der Waals surface area contributed by atoms with Crippen LogP contribution in [0, 0.1) is 46.9 Å². The highest BCUT2D eigenvalue weighted by Crippen LogP contribution is 2.47. The quantitative estimate of drug-likeness (QED) is 0.212. The summed E-state index contributed by atoms with van der Waals surface area (Å²) in [7, 11) is 0. The SMILES string of the molecule is CCCCC1COC(c2ccc(C3CCC(C4CCC(C(F)(F)Oc5cc(F)c(F)c(F)c5)CC4)CC3)c(F)c2)OC1. The maximum Gasteiger partial charge on any atom is 0.400 e. The molecule has 0 N–H and O–H groups in total. The Hall–Kier alpha value is -2.26. The standard InChI is InChI=1S/C33H40F6O3/c1-2-3-4-20-18-40-32(41-19-20)24-11-14-27(28(34)15-24)23-7-5-21(6-8-23)22-9-12-25(13-10-22)33(38,39)42-26-16-29(35)31(37)30(36)17-26/h11,14-17,20-23,25,32H,2-10,12-13,18-19H2,1H3. The highest BCUT2D eigenvalue weighted by Gasteiger charge is 2.45. The summed E-state index contributed by atoms with van der Waals surface area (Å²) in [6.07, 6.45) is 4.38. The smallest absolute Gasteiger partial charge is 0.400 e. The summed E-state index contributed by atoms with van der Waals surface area (Å²) in [5, 5.41) is 0. The Kier molecular flexibility index (Phi) is 10.1. The molecule has 2 saturated carbocycles.